The van der Waals surface area contributed by atoms with Gasteiger partial charge in [-0.3, -0.25) is 14.5 Å². The molecule has 1 amide bonds. The fourth-order valence-electron chi connectivity index (χ4n) is 4.92. The summed E-state index contributed by atoms with van der Waals surface area (Å²) in [5, 5.41) is 8.77. The van der Waals surface area contributed by atoms with Crippen LogP contribution >= 0.6 is 0 Å². The van der Waals surface area contributed by atoms with Crippen LogP contribution in [0.1, 0.15) is 47.3 Å². The highest BCUT2D eigenvalue weighted by atomic mass is 16.1. The average Bonchev–Trinajstić information content (AvgIpc) is 3.44. The molecule has 5 rings (SSSR count). The van der Waals surface area contributed by atoms with Crippen molar-refractivity contribution in [2.75, 3.05) is 19.6 Å². The van der Waals surface area contributed by atoms with E-state index in [0.29, 0.717) is 24.7 Å². The highest BCUT2D eigenvalue weighted by molar-refractivity contribution is 5.98. The quantitative estimate of drug-likeness (QED) is 0.643. The third-order valence-electron chi connectivity index (χ3n) is 6.69. The summed E-state index contributed by atoms with van der Waals surface area (Å²) >= 11 is 0. The van der Waals surface area contributed by atoms with Crippen molar-refractivity contribution in [1.29, 1.82) is 0 Å². The first-order valence-electron chi connectivity index (χ1n) is 11.4. The second kappa shape index (κ2) is 8.67. The number of nitrogens with one attached hydrogen (secondary N) is 2. The van der Waals surface area contributed by atoms with Gasteiger partial charge in [0.1, 0.15) is 0 Å². The third kappa shape index (κ3) is 4.28. The minimum absolute atomic E-state index is 0.00246. The molecule has 3 heterocycles. The molecule has 1 fully saturated rings. The number of carbonyl (C=O) groups is 1. The van der Waals surface area contributed by atoms with Gasteiger partial charge in [-0.15, -0.1) is 0 Å². The van der Waals surface area contributed by atoms with Crippen LogP contribution in [0.25, 0.3) is 10.9 Å². The minimum atomic E-state index is -0.0369. The van der Waals surface area contributed by atoms with E-state index in [1.54, 1.807) is 10.7 Å². The van der Waals surface area contributed by atoms with Gasteiger partial charge < -0.3 is 10.3 Å². The minimum Gasteiger partial charge on any atom is -0.361 e. The maximum absolute atomic E-state index is 12.7. The van der Waals surface area contributed by atoms with Gasteiger partial charge in [0.25, 0.3) is 11.5 Å². The molecule has 3 aromatic rings. The van der Waals surface area contributed by atoms with Gasteiger partial charge in [-0.25, -0.2) is 4.68 Å². The molecule has 1 aliphatic carbocycles. The van der Waals surface area contributed by atoms with Crippen LogP contribution in [0, 0.1) is 0 Å². The molecule has 2 aliphatic rings. The largest absolute Gasteiger partial charge is 0.361 e. The smallest absolute Gasteiger partial charge is 0.267 e. The van der Waals surface area contributed by atoms with Gasteiger partial charge in [-0.1, -0.05) is 6.42 Å². The van der Waals surface area contributed by atoms with Crippen molar-refractivity contribution in [3.8, 4) is 0 Å². The SMILES string of the molecule is O=C(NCC1CCCCN1CCn1nc2c(cc1=O)CCC2)c1ccc2[nH]ccc2c1. The van der Waals surface area contributed by atoms with Gasteiger partial charge in [-0.2, -0.15) is 5.10 Å². The normalized spacial score (nSPS) is 18.9. The monoisotopic (exact) mass is 419 g/mol. The highest BCUT2D eigenvalue weighted by Crippen LogP contribution is 2.19. The van der Waals surface area contributed by atoms with Crippen LogP contribution in [0.2, 0.25) is 0 Å². The Bertz CT molecular complexity index is 1150. The Morgan fingerprint density at radius 1 is 1.13 bits per heavy atom. The number of aromatic amines is 1. The summed E-state index contributed by atoms with van der Waals surface area (Å²) in [6.07, 6.45) is 8.31. The number of fused-ring (bicyclic) bond motifs is 2. The van der Waals surface area contributed by atoms with E-state index in [1.165, 1.54) is 6.42 Å². The first-order valence-corrected chi connectivity index (χ1v) is 11.4. The number of aromatic nitrogens is 3. The molecule has 1 unspecified atom stereocenters. The van der Waals surface area contributed by atoms with E-state index in [1.807, 2.05) is 30.5 Å². The summed E-state index contributed by atoms with van der Waals surface area (Å²) in [5.41, 5.74) is 3.93. The Hall–Kier alpha value is -2.93. The van der Waals surface area contributed by atoms with Crippen LogP contribution in [0.5, 0.6) is 0 Å². The Balaban J connectivity index is 1.20. The lowest BCUT2D eigenvalue weighted by Gasteiger charge is -2.35. The molecular weight excluding hydrogens is 390 g/mol. The second-order valence-corrected chi connectivity index (χ2v) is 8.71. The van der Waals surface area contributed by atoms with Crippen LogP contribution < -0.4 is 10.9 Å². The lowest BCUT2D eigenvalue weighted by Crippen LogP contribution is -2.48. The lowest BCUT2D eigenvalue weighted by atomic mass is 10.0. The predicted octanol–water partition coefficient (Wildman–Crippen LogP) is 2.50. The van der Waals surface area contributed by atoms with Gasteiger partial charge in [0, 0.05) is 47.9 Å². The first kappa shape index (κ1) is 20.0. The molecular formula is C24H29N5O2. The number of likely N-dealkylation sites (tertiary alicyclic amines) is 1. The van der Waals surface area contributed by atoms with Crippen molar-refractivity contribution in [1.82, 2.24) is 25.0 Å². The molecule has 2 aromatic heterocycles. The number of benzene rings is 1. The summed E-state index contributed by atoms with van der Waals surface area (Å²) in [7, 11) is 0. The van der Waals surface area contributed by atoms with Crippen LogP contribution in [0.3, 0.4) is 0 Å². The number of hydrogen-bond acceptors (Lipinski definition) is 4. The number of H-pyrrole nitrogens is 1. The van der Waals surface area contributed by atoms with Gasteiger partial charge in [0.05, 0.1) is 12.2 Å². The van der Waals surface area contributed by atoms with Gasteiger partial charge in [0.15, 0.2) is 0 Å². The van der Waals surface area contributed by atoms with Crippen molar-refractivity contribution >= 4 is 16.8 Å². The molecule has 2 N–H and O–H groups in total. The number of aryl methyl sites for hydroxylation is 2. The zero-order valence-electron chi connectivity index (χ0n) is 17.8. The second-order valence-electron chi connectivity index (χ2n) is 8.71. The Morgan fingerprint density at radius 2 is 2.06 bits per heavy atom. The zero-order chi connectivity index (χ0) is 21.2. The molecule has 7 heteroatoms. The molecule has 7 nitrogen and oxygen atoms in total. The number of hydrogen-bond donors (Lipinski definition) is 2. The Kier molecular flexibility index (Phi) is 5.59. The number of amides is 1. The third-order valence-corrected chi connectivity index (χ3v) is 6.69. The molecule has 0 radical (unpaired) electrons. The zero-order valence-corrected chi connectivity index (χ0v) is 17.8. The molecule has 162 valence electrons. The number of carbonyl (C=O) groups excluding carboxylic acids is 1. The van der Waals surface area contributed by atoms with Crippen molar-refractivity contribution in [2.24, 2.45) is 0 Å². The predicted molar refractivity (Wildman–Crippen MR) is 120 cm³/mol. The molecule has 1 saturated heterocycles. The summed E-state index contributed by atoms with van der Waals surface area (Å²) in [4.78, 5) is 30.7. The van der Waals surface area contributed by atoms with Crippen LogP contribution in [-0.2, 0) is 19.4 Å². The Labute approximate surface area is 181 Å². The maximum Gasteiger partial charge on any atom is 0.267 e. The van der Waals surface area contributed by atoms with E-state index in [2.05, 4.69) is 20.3 Å². The molecule has 1 aliphatic heterocycles. The van der Waals surface area contributed by atoms with E-state index in [4.69, 9.17) is 0 Å². The first-order chi connectivity index (χ1) is 15.2. The number of nitrogens with zero attached hydrogens (tertiary/aromatic N) is 3. The summed E-state index contributed by atoms with van der Waals surface area (Å²) in [6, 6.07) is 9.76. The average molecular weight is 420 g/mol. The van der Waals surface area contributed by atoms with Crippen molar-refractivity contribution in [3.05, 3.63) is 63.7 Å². The molecule has 0 bridgehead atoms. The van der Waals surface area contributed by atoms with Crippen molar-refractivity contribution in [2.45, 2.75) is 51.1 Å². The summed E-state index contributed by atoms with van der Waals surface area (Å²) < 4.78 is 1.63. The van der Waals surface area contributed by atoms with E-state index < -0.39 is 0 Å². The van der Waals surface area contributed by atoms with Gasteiger partial charge in [-0.05, 0) is 68.5 Å². The molecule has 1 atom stereocenters. The van der Waals surface area contributed by atoms with E-state index >= 15 is 0 Å². The van der Waals surface area contributed by atoms with Crippen molar-refractivity contribution in [3.63, 3.8) is 0 Å². The van der Waals surface area contributed by atoms with Crippen LogP contribution in [0.15, 0.2) is 41.3 Å². The molecule has 0 saturated carbocycles. The standard InChI is InChI=1S/C24H29N5O2/c30-23-15-17-4-3-6-22(17)27-29(23)13-12-28-11-2-1-5-20(28)16-26-24(31)19-7-8-21-18(14-19)9-10-25-21/h7-10,14-15,20,25H,1-6,11-13,16H2,(H,26,31). The maximum atomic E-state index is 12.7. The van der Waals surface area contributed by atoms with Crippen LogP contribution in [-0.4, -0.2) is 51.2 Å². The number of piperidine rings is 1. The topological polar surface area (TPSA) is 83.0 Å². The highest BCUT2D eigenvalue weighted by Gasteiger charge is 2.23. The van der Waals surface area contributed by atoms with E-state index in [9.17, 15) is 9.59 Å². The van der Waals surface area contributed by atoms with Crippen LogP contribution in [0.4, 0.5) is 0 Å². The van der Waals surface area contributed by atoms with Gasteiger partial charge in [0.2, 0.25) is 0 Å². The Morgan fingerprint density at radius 3 is 3.00 bits per heavy atom. The van der Waals surface area contributed by atoms with Crippen molar-refractivity contribution < 1.29 is 4.79 Å². The summed E-state index contributed by atoms with van der Waals surface area (Å²) in [6.45, 7) is 2.99. The molecule has 0 spiro atoms. The number of rotatable bonds is 6. The fraction of sp³-hybridized carbons (Fsp3) is 0.458. The van der Waals surface area contributed by atoms with E-state index in [0.717, 1.165) is 67.4 Å². The molecule has 31 heavy (non-hydrogen) atoms. The lowest BCUT2D eigenvalue weighted by molar-refractivity contribution is 0.0909. The van der Waals surface area contributed by atoms with Gasteiger partial charge >= 0.3 is 0 Å². The summed E-state index contributed by atoms with van der Waals surface area (Å²) in [5.74, 6) is -0.0369. The molecule has 1 aromatic carbocycles. The fourth-order valence-corrected chi connectivity index (χ4v) is 4.92. The van der Waals surface area contributed by atoms with E-state index in [-0.39, 0.29) is 11.5 Å².